The molecule has 0 saturated carbocycles. The molecule has 0 spiro atoms. The lowest BCUT2D eigenvalue weighted by atomic mass is 9.80. The van der Waals surface area contributed by atoms with Gasteiger partial charge in [0.1, 0.15) is 0 Å². The number of carbonyl (C=O) groups excluding carboxylic acids is 1. The van der Waals surface area contributed by atoms with Gasteiger partial charge >= 0.3 is 5.97 Å². The van der Waals surface area contributed by atoms with Gasteiger partial charge in [-0.1, -0.05) is 0 Å². The first-order chi connectivity index (χ1) is 8.53. The minimum absolute atomic E-state index is 0.0768. The van der Waals surface area contributed by atoms with Crippen LogP contribution in [0.15, 0.2) is 0 Å². The molecule has 18 heavy (non-hydrogen) atoms. The number of nitrogens with zero attached hydrogens (tertiary/aromatic N) is 1. The van der Waals surface area contributed by atoms with Crippen molar-refractivity contribution in [1.82, 2.24) is 4.90 Å². The monoisotopic (exact) mass is 255 g/mol. The molecule has 2 aliphatic heterocycles. The van der Waals surface area contributed by atoms with E-state index in [0.29, 0.717) is 39.1 Å². The van der Waals surface area contributed by atoms with Gasteiger partial charge in [0.15, 0.2) is 0 Å². The Morgan fingerprint density at radius 1 is 1.22 bits per heavy atom. The van der Waals surface area contributed by atoms with E-state index in [1.54, 1.807) is 6.92 Å². The highest BCUT2D eigenvalue weighted by molar-refractivity contribution is 5.80. The highest BCUT2D eigenvalue weighted by Gasteiger charge is 2.39. The van der Waals surface area contributed by atoms with E-state index in [2.05, 4.69) is 0 Å². The summed E-state index contributed by atoms with van der Waals surface area (Å²) < 4.78 is 5.25. The highest BCUT2D eigenvalue weighted by Crippen LogP contribution is 2.32. The van der Waals surface area contributed by atoms with Crippen molar-refractivity contribution in [3.63, 3.8) is 0 Å². The van der Waals surface area contributed by atoms with Crippen molar-refractivity contribution in [2.45, 2.75) is 32.6 Å². The Hall–Kier alpha value is -1.10. The molecule has 2 rings (SSSR count). The minimum atomic E-state index is -0.749. The predicted molar refractivity (Wildman–Crippen MR) is 65.1 cm³/mol. The fourth-order valence-corrected chi connectivity index (χ4v) is 2.64. The first-order valence-electron chi connectivity index (χ1n) is 6.63. The van der Waals surface area contributed by atoms with Gasteiger partial charge in [-0.25, -0.2) is 0 Å². The standard InChI is InChI=1S/C13H21NO4/c1-13(12(16)17)4-6-14(7-5-13)11(15)10-2-8-18-9-3-10/h10H,2-9H2,1H3,(H,16,17). The number of aliphatic carboxylic acids is 1. The van der Waals surface area contributed by atoms with Gasteiger partial charge in [0.25, 0.3) is 0 Å². The SMILES string of the molecule is CC1(C(=O)O)CCN(C(=O)C2CCOCC2)CC1. The lowest BCUT2D eigenvalue weighted by Gasteiger charge is -2.38. The Morgan fingerprint density at radius 3 is 2.28 bits per heavy atom. The number of carboxylic acids is 1. The van der Waals surface area contributed by atoms with Crippen LogP contribution in [0.2, 0.25) is 0 Å². The molecule has 2 saturated heterocycles. The van der Waals surface area contributed by atoms with Gasteiger partial charge < -0.3 is 14.7 Å². The lowest BCUT2D eigenvalue weighted by molar-refractivity contribution is -0.154. The molecule has 0 radical (unpaired) electrons. The predicted octanol–water partition coefficient (Wildman–Crippen LogP) is 1.13. The lowest BCUT2D eigenvalue weighted by Crippen LogP contribution is -2.47. The highest BCUT2D eigenvalue weighted by atomic mass is 16.5. The summed E-state index contributed by atoms with van der Waals surface area (Å²) in [5.74, 6) is -0.487. The van der Waals surface area contributed by atoms with E-state index >= 15 is 0 Å². The van der Waals surface area contributed by atoms with Crippen LogP contribution in [0.3, 0.4) is 0 Å². The van der Waals surface area contributed by atoms with E-state index in [1.807, 2.05) is 4.90 Å². The summed E-state index contributed by atoms with van der Waals surface area (Å²) in [5.41, 5.74) is -0.660. The minimum Gasteiger partial charge on any atom is -0.481 e. The van der Waals surface area contributed by atoms with E-state index in [9.17, 15) is 9.59 Å². The molecule has 2 fully saturated rings. The summed E-state index contributed by atoms with van der Waals surface area (Å²) in [4.78, 5) is 25.2. The molecule has 0 aromatic heterocycles. The van der Waals surface area contributed by atoms with E-state index in [-0.39, 0.29) is 11.8 Å². The van der Waals surface area contributed by atoms with E-state index < -0.39 is 11.4 Å². The van der Waals surface area contributed by atoms with E-state index in [0.717, 1.165) is 12.8 Å². The van der Waals surface area contributed by atoms with Gasteiger partial charge in [-0.15, -0.1) is 0 Å². The molecule has 1 N–H and O–H groups in total. The summed E-state index contributed by atoms with van der Waals surface area (Å²) in [6.45, 7) is 4.23. The molecule has 5 heteroatoms. The molecular formula is C13H21NO4. The zero-order valence-corrected chi connectivity index (χ0v) is 10.9. The zero-order chi connectivity index (χ0) is 13.2. The number of hydrogen-bond acceptors (Lipinski definition) is 3. The quantitative estimate of drug-likeness (QED) is 0.803. The summed E-state index contributed by atoms with van der Waals surface area (Å²) in [6, 6.07) is 0. The molecule has 1 amide bonds. The van der Waals surface area contributed by atoms with Gasteiger partial charge in [0.2, 0.25) is 5.91 Å². The van der Waals surface area contributed by atoms with Crippen molar-refractivity contribution in [2.24, 2.45) is 11.3 Å². The number of rotatable bonds is 2. The van der Waals surface area contributed by atoms with Crippen LogP contribution in [0.25, 0.3) is 0 Å². The van der Waals surface area contributed by atoms with Gasteiger partial charge in [-0.3, -0.25) is 9.59 Å². The number of piperidine rings is 1. The molecule has 5 nitrogen and oxygen atoms in total. The third-order valence-electron chi connectivity index (χ3n) is 4.27. The van der Waals surface area contributed by atoms with Gasteiger partial charge in [0, 0.05) is 32.2 Å². The number of amides is 1. The first kappa shape index (κ1) is 13.3. The molecule has 0 bridgehead atoms. The van der Waals surface area contributed by atoms with Gasteiger partial charge in [-0.05, 0) is 32.6 Å². The van der Waals surface area contributed by atoms with Crippen LogP contribution in [0.1, 0.15) is 32.6 Å². The summed E-state index contributed by atoms with van der Waals surface area (Å²) in [5, 5.41) is 9.15. The zero-order valence-electron chi connectivity index (χ0n) is 10.9. The van der Waals surface area contributed by atoms with Crippen LogP contribution in [0.4, 0.5) is 0 Å². The molecule has 0 aliphatic carbocycles. The summed E-state index contributed by atoms with van der Waals surface area (Å²) in [6.07, 6.45) is 2.70. The maximum Gasteiger partial charge on any atom is 0.309 e. The number of ether oxygens (including phenoxy) is 1. The average Bonchev–Trinajstić information content (AvgIpc) is 2.40. The topological polar surface area (TPSA) is 66.8 Å². The number of likely N-dealkylation sites (tertiary alicyclic amines) is 1. The second kappa shape index (κ2) is 5.26. The first-order valence-corrected chi connectivity index (χ1v) is 6.63. The molecule has 0 unspecified atom stereocenters. The maximum atomic E-state index is 12.3. The number of carbonyl (C=O) groups is 2. The number of hydrogen-bond donors (Lipinski definition) is 1. The summed E-state index contributed by atoms with van der Waals surface area (Å²) >= 11 is 0. The third kappa shape index (κ3) is 2.66. The molecule has 0 aromatic rings. The van der Waals surface area contributed by atoms with Gasteiger partial charge in [0.05, 0.1) is 5.41 Å². The fraction of sp³-hybridized carbons (Fsp3) is 0.846. The second-order valence-electron chi connectivity index (χ2n) is 5.58. The van der Waals surface area contributed by atoms with Crippen molar-refractivity contribution in [3.05, 3.63) is 0 Å². The smallest absolute Gasteiger partial charge is 0.309 e. The van der Waals surface area contributed by atoms with Crippen LogP contribution in [0, 0.1) is 11.3 Å². The van der Waals surface area contributed by atoms with Gasteiger partial charge in [-0.2, -0.15) is 0 Å². The van der Waals surface area contributed by atoms with Crippen molar-refractivity contribution in [1.29, 1.82) is 0 Å². The van der Waals surface area contributed by atoms with Crippen LogP contribution < -0.4 is 0 Å². The summed E-state index contributed by atoms with van der Waals surface area (Å²) in [7, 11) is 0. The van der Waals surface area contributed by atoms with Crippen LogP contribution in [-0.4, -0.2) is 48.2 Å². The largest absolute Gasteiger partial charge is 0.481 e. The Bertz CT molecular complexity index is 328. The van der Waals surface area contributed by atoms with Crippen molar-refractivity contribution < 1.29 is 19.4 Å². The molecule has 2 heterocycles. The van der Waals surface area contributed by atoms with E-state index in [1.165, 1.54) is 0 Å². The Morgan fingerprint density at radius 2 is 1.78 bits per heavy atom. The third-order valence-corrected chi connectivity index (χ3v) is 4.27. The maximum absolute atomic E-state index is 12.3. The van der Waals surface area contributed by atoms with Crippen molar-refractivity contribution in [3.8, 4) is 0 Å². The van der Waals surface area contributed by atoms with Crippen molar-refractivity contribution >= 4 is 11.9 Å². The van der Waals surface area contributed by atoms with Crippen LogP contribution in [0.5, 0.6) is 0 Å². The Kier molecular flexibility index (Phi) is 3.90. The normalized spacial score (nSPS) is 24.8. The Balaban J connectivity index is 1.89. The number of carboxylic acid groups (broad SMARTS) is 1. The molecule has 0 aromatic carbocycles. The molecule has 0 atom stereocenters. The van der Waals surface area contributed by atoms with E-state index in [4.69, 9.17) is 9.84 Å². The average molecular weight is 255 g/mol. The van der Waals surface area contributed by atoms with Crippen LogP contribution in [-0.2, 0) is 14.3 Å². The second-order valence-corrected chi connectivity index (χ2v) is 5.58. The fourth-order valence-electron chi connectivity index (χ4n) is 2.64. The van der Waals surface area contributed by atoms with Crippen LogP contribution >= 0.6 is 0 Å². The van der Waals surface area contributed by atoms with Crippen molar-refractivity contribution in [2.75, 3.05) is 26.3 Å². The molecular weight excluding hydrogens is 234 g/mol. The molecule has 102 valence electrons. The Labute approximate surface area is 107 Å². The molecule has 2 aliphatic rings.